The van der Waals surface area contributed by atoms with Crippen molar-refractivity contribution in [3.63, 3.8) is 0 Å². The highest BCUT2D eigenvalue weighted by Gasteiger charge is 2.18. The van der Waals surface area contributed by atoms with Gasteiger partial charge >= 0.3 is 0 Å². The summed E-state index contributed by atoms with van der Waals surface area (Å²) in [5.74, 6) is 0. The molecule has 0 amide bonds. The van der Waals surface area contributed by atoms with Crippen LogP contribution < -0.4 is 4.72 Å². The Morgan fingerprint density at radius 1 is 1.21 bits per heavy atom. The zero-order valence-corrected chi connectivity index (χ0v) is 13.1. The van der Waals surface area contributed by atoms with Crippen molar-refractivity contribution in [2.45, 2.75) is 17.6 Å². The fourth-order valence-corrected chi connectivity index (χ4v) is 4.22. The number of aryl methyl sites for hydroxylation is 1. The third kappa shape index (κ3) is 3.42. The van der Waals surface area contributed by atoms with Crippen LogP contribution >= 0.6 is 34.5 Å². The summed E-state index contributed by atoms with van der Waals surface area (Å²) in [6.07, 6.45) is 0.804. The quantitative estimate of drug-likeness (QED) is 0.898. The molecule has 0 saturated heterocycles. The summed E-state index contributed by atoms with van der Waals surface area (Å²) < 4.78 is 27.1. The molecule has 0 aliphatic heterocycles. The highest BCUT2D eigenvalue weighted by molar-refractivity contribution is 7.94. The van der Waals surface area contributed by atoms with Crippen molar-refractivity contribution >= 4 is 50.2 Å². The van der Waals surface area contributed by atoms with Gasteiger partial charge in [0.1, 0.15) is 4.21 Å². The van der Waals surface area contributed by atoms with Crippen molar-refractivity contribution < 1.29 is 8.42 Å². The topological polar surface area (TPSA) is 46.2 Å². The highest BCUT2D eigenvalue weighted by Crippen LogP contribution is 2.29. The molecule has 3 nitrogen and oxygen atoms in total. The Labute approximate surface area is 126 Å². The fourth-order valence-electron chi connectivity index (χ4n) is 1.46. The van der Waals surface area contributed by atoms with Gasteiger partial charge in [0.05, 0.1) is 10.7 Å². The van der Waals surface area contributed by atoms with Crippen LogP contribution in [0.5, 0.6) is 0 Å². The summed E-state index contributed by atoms with van der Waals surface area (Å²) in [4.78, 5) is 1.01. The predicted molar refractivity (Wildman–Crippen MR) is 81.0 cm³/mol. The molecule has 0 aliphatic carbocycles. The van der Waals surface area contributed by atoms with Crippen LogP contribution in [0.3, 0.4) is 0 Å². The number of anilines is 1. The molecule has 0 unspecified atom stereocenters. The van der Waals surface area contributed by atoms with Crippen molar-refractivity contribution in [2.24, 2.45) is 0 Å². The van der Waals surface area contributed by atoms with Gasteiger partial charge in [-0.25, -0.2) is 8.42 Å². The van der Waals surface area contributed by atoms with Crippen LogP contribution in [-0.4, -0.2) is 8.42 Å². The lowest BCUT2D eigenvalue weighted by atomic mass is 10.3. The summed E-state index contributed by atoms with van der Waals surface area (Å²) in [6.45, 7) is 1.98. The van der Waals surface area contributed by atoms with Crippen molar-refractivity contribution in [3.8, 4) is 0 Å². The van der Waals surface area contributed by atoms with E-state index in [1.807, 2.05) is 6.92 Å². The minimum atomic E-state index is -3.62. The van der Waals surface area contributed by atoms with E-state index in [0.29, 0.717) is 10.0 Å². The van der Waals surface area contributed by atoms with Crippen LogP contribution in [-0.2, 0) is 16.4 Å². The van der Waals surface area contributed by atoms with Crippen LogP contribution in [0.1, 0.15) is 11.8 Å². The molecule has 102 valence electrons. The lowest BCUT2D eigenvalue weighted by molar-refractivity contribution is 0.603. The summed E-state index contributed by atoms with van der Waals surface area (Å²) in [7, 11) is -3.62. The normalized spacial score (nSPS) is 11.5. The Hall–Kier alpha value is -0.750. The molecular formula is C12H11Cl2NO2S2. The van der Waals surface area contributed by atoms with Gasteiger partial charge in [0.2, 0.25) is 0 Å². The van der Waals surface area contributed by atoms with E-state index in [9.17, 15) is 8.42 Å². The van der Waals surface area contributed by atoms with Crippen molar-refractivity contribution in [1.82, 2.24) is 0 Å². The molecule has 19 heavy (non-hydrogen) atoms. The zero-order chi connectivity index (χ0) is 14.0. The maximum atomic E-state index is 12.2. The number of halogens is 2. The van der Waals surface area contributed by atoms with E-state index in [2.05, 4.69) is 4.72 Å². The second-order valence-electron chi connectivity index (χ2n) is 3.80. The molecule has 0 spiro atoms. The number of benzene rings is 1. The molecule has 0 radical (unpaired) electrons. The van der Waals surface area contributed by atoms with Crippen molar-refractivity contribution in [1.29, 1.82) is 0 Å². The number of nitrogens with one attached hydrogen (secondary N) is 1. The number of hydrogen-bond donors (Lipinski definition) is 1. The summed E-state index contributed by atoms with van der Waals surface area (Å²) in [6, 6.07) is 8.02. The van der Waals surface area contributed by atoms with Crippen molar-refractivity contribution in [3.05, 3.63) is 45.3 Å². The zero-order valence-electron chi connectivity index (χ0n) is 9.98. The van der Waals surface area contributed by atoms with Crippen LogP contribution in [0.15, 0.2) is 34.5 Å². The molecule has 1 aromatic carbocycles. The molecule has 1 heterocycles. The third-order valence-corrected chi connectivity index (χ3v) is 6.07. The van der Waals surface area contributed by atoms with E-state index < -0.39 is 10.0 Å². The monoisotopic (exact) mass is 335 g/mol. The maximum absolute atomic E-state index is 12.2. The van der Waals surface area contributed by atoms with Crippen molar-refractivity contribution in [2.75, 3.05) is 4.72 Å². The number of sulfonamides is 1. The molecule has 0 fully saturated rings. The molecule has 7 heteroatoms. The molecule has 0 bridgehead atoms. The van der Waals surface area contributed by atoms with E-state index in [4.69, 9.17) is 23.2 Å². The van der Waals surface area contributed by atoms with Gasteiger partial charge < -0.3 is 0 Å². The van der Waals surface area contributed by atoms with Gasteiger partial charge in [-0.1, -0.05) is 30.1 Å². The summed E-state index contributed by atoms with van der Waals surface area (Å²) in [5.41, 5.74) is 0.278. The predicted octanol–water partition coefficient (Wildman–Crippen LogP) is 4.42. The van der Waals surface area contributed by atoms with E-state index in [1.165, 1.54) is 17.4 Å². The third-order valence-electron chi connectivity index (χ3n) is 2.42. The second kappa shape index (κ2) is 5.71. The first-order chi connectivity index (χ1) is 8.92. The molecular weight excluding hydrogens is 325 g/mol. The second-order valence-corrected chi connectivity index (χ2v) is 7.73. The van der Waals surface area contributed by atoms with Gasteiger partial charge in [-0.15, -0.1) is 11.3 Å². The average Bonchev–Trinajstić information content (AvgIpc) is 2.83. The number of thiophene rings is 1. The Balaban J connectivity index is 2.33. The lowest BCUT2D eigenvalue weighted by Gasteiger charge is -2.08. The van der Waals surface area contributed by atoms with Gasteiger partial charge in [-0.2, -0.15) is 0 Å². The highest BCUT2D eigenvalue weighted by atomic mass is 35.5. The Kier molecular flexibility index (Phi) is 4.40. The first-order valence-corrected chi connectivity index (χ1v) is 8.54. The molecule has 1 N–H and O–H groups in total. The fraction of sp³-hybridized carbons (Fsp3) is 0.167. The Bertz CT molecular complexity index is 696. The van der Waals surface area contributed by atoms with Gasteiger partial charge in [-0.3, -0.25) is 4.72 Å². The molecule has 1 aromatic heterocycles. The van der Waals surface area contributed by atoms with Gasteiger partial charge in [-0.05, 0) is 36.8 Å². The standard InChI is InChI=1S/C12H11Cl2NO2S2/c1-2-9-4-6-12(18-9)19(16,17)15-11-7-8(13)3-5-10(11)14/h3-7,15H,2H2,1H3. The number of rotatable bonds is 4. The average molecular weight is 336 g/mol. The van der Waals surface area contributed by atoms with E-state index >= 15 is 0 Å². The van der Waals surface area contributed by atoms with Gasteiger partial charge in [0, 0.05) is 9.90 Å². The minimum absolute atomic E-state index is 0.264. The summed E-state index contributed by atoms with van der Waals surface area (Å²) in [5, 5.41) is 0.725. The van der Waals surface area contributed by atoms with Crippen LogP contribution in [0.25, 0.3) is 0 Å². The van der Waals surface area contributed by atoms with Gasteiger partial charge in [0.15, 0.2) is 0 Å². The maximum Gasteiger partial charge on any atom is 0.271 e. The lowest BCUT2D eigenvalue weighted by Crippen LogP contribution is -2.11. The minimum Gasteiger partial charge on any atom is -0.277 e. The molecule has 2 rings (SSSR count). The molecule has 0 aliphatic rings. The van der Waals surface area contributed by atoms with E-state index in [-0.39, 0.29) is 9.90 Å². The first kappa shape index (κ1) is 14.7. The number of hydrogen-bond acceptors (Lipinski definition) is 3. The van der Waals surface area contributed by atoms with E-state index in [1.54, 1.807) is 24.3 Å². The first-order valence-electron chi connectivity index (χ1n) is 5.49. The van der Waals surface area contributed by atoms with Crippen LogP contribution in [0.2, 0.25) is 10.0 Å². The Morgan fingerprint density at radius 2 is 1.95 bits per heavy atom. The molecule has 0 saturated carbocycles. The van der Waals surface area contributed by atoms with Crippen LogP contribution in [0, 0.1) is 0 Å². The van der Waals surface area contributed by atoms with E-state index in [0.717, 1.165) is 11.3 Å². The van der Waals surface area contributed by atoms with Gasteiger partial charge in [0.25, 0.3) is 10.0 Å². The molecule has 0 atom stereocenters. The summed E-state index contributed by atoms with van der Waals surface area (Å²) >= 11 is 13.0. The molecule has 2 aromatic rings. The Morgan fingerprint density at radius 3 is 2.58 bits per heavy atom. The van der Waals surface area contributed by atoms with Crippen LogP contribution in [0.4, 0.5) is 5.69 Å². The SMILES string of the molecule is CCc1ccc(S(=O)(=O)Nc2cc(Cl)ccc2Cl)s1. The smallest absolute Gasteiger partial charge is 0.271 e. The largest absolute Gasteiger partial charge is 0.277 e.